The van der Waals surface area contributed by atoms with Gasteiger partial charge in [-0.2, -0.15) is 0 Å². The Balaban J connectivity index is 2.05. The van der Waals surface area contributed by atoms with Crippen LogP contribution in [0.15, 0.2) is 54.6 Å². The van der Waals surface area contributed by atoms with Gasteiger partial charge in [-0.05, 0) is 12.5 Å². The van der Waals surface area contributed by atoms with Crippen LogP contribution in [0.2, 0.25) is 0 Å². The number of benzene rings is 2. The van der Waals surface area contributed by atoms with Gasteiger partial charge in [0.25, 0.3) is 5.69 Å². The van der Waals surface area contributed by atoms with Gasteiger partial charge in [-0.15, -0.1) is 0 Å². The summed E-state index contributed by atoms with van der Waals surface area (Å²) in [6, 6.07) is 17.0. The van der Waals surface area contributed by atoms with Crippen molar-refractivity contribution in [3.05, 3.63) is 75.8 Å². The maximum absolute atomic E-state index is 10.9. The number of hydrogen-bond acceptors (Lipinski definition) is 3. The van der Waals surface area contributed by atoms with Crippen LogP contribution in [0.25, 0.3) is 0 Å². The van der Waals surface area contributed by atoms with Crippen molar-refractivity contribution >= 4 is 5.69 Å². The molecule has 1 atom stereocenters. The fourth-order valence-corrected chi connectivity index (χ4v) is 1.96. The molecule has 0 aliphatic carbocycles. The average Bonchev–Trinajstić information content (AvgIpc) is 2.46. The summed E-state index contributed by atoms with van der Waals surface area (Å²) in [6.45, 7) is 2.53. The smallest absolute Gasteiger partial charge is 0.273 e. The van der Waals surface area contributed by atoms with Gasteiger partial charge in [0.1, 0.15) is 0 Å². The second kappa shape index (κ2) is 6.11. The fourth-order valence-electron chi connectivity index (χ4n) is 1.96. The lowest BCUT2D eigenvalue weighted by Crippen LogP contribution is -2.18. The molecule has 0 aromatic heterocycles. The van der Waals surface area contributed by atoms with E-state index in [4.69, 9.17) is 0 Å². The zero-order valence-corrected chi connectivity index (χ0v) is 10.7. The molecule has 2 aromatic rings. The van der Waals surface area contributed by atoms with E-state index >= 15 is 0 Å². The molecule has 98 valence electrons. The van der Waals surface area contributed by atoms with E-state index in [1.807, 2.05) is 43.3 Å². The van der Waals surface area contributed by atoms with Gasteiger partial charge in [-0.25, -0.2) is 0 Å². The van der Waals surface area contributed by atoms with E-state index in [0.29, 0.717) is 12.1 Å². The van der Waals surface area contributed by atoms with E-state index in [-0.39, 0.29) is 16.7 Å². The van der Waals surface area contributed by atoms with Crippen LogP contribution < -0.4 is 5.32 Å². The Morgan fingerprint density at radius 2 is 1.74 bits per heavy atom. The van der Waals surface area contributed by atoms with Gasteiger partial charge in [0.15, 0.2) is 0 Å². The van der Waals surface area contributed by atoms with Crippen molar-refractivity contribution in [1.82, 2.24) is 5.32 Å². The van der Waals surface area contributed by atoms with Crippen LogP contribution >= 0.6 is 0 Å². The van der Waals surface area contributed by atoms with Crippen molar-refractivity contribution < 1.29 is 4.92 Å². The van der Waals surface area contributed by atoms with Gasteiger partial charge < -0.3 is 5.32 Å². The monoisotopic (exact) mass is 256 g/mol. The zero-order valence-electron chi connectivity index (χ0n) is 10.7. The van der Waals surface area contributed by atoms with Gasteiger partial charge in [0.2, 0.25) is 0 Å². The Hall–Kier alpha value is -2.20. The number of nitro benzene ring substituents is 1. The summed E-state index contributed by atoms with van der Waals surface area (Å²) in [5.41, 5.74) is 2.03. The molecule has 0 amide bonds. The number of para-hydroxylation sites is 1. The highest BCUT2D eigenvalue weighted by Gasteiger charge is 2.13. The molecule has 2 rings (SSSR count). The third kappa shape index (κ3) is 3.39. The maximum atomic E-state index is 10.9. The number of nitrogens with one attached hydrogen (secondary N) is 1. The van der Waals surface area contributed by atoms with E-state index in [1.54, 1.807) is 12.1 Å². The first-order chi connectivity index (χ1) is 9.18. The number of hydrogen-bond donors (Lipinski definition) is 1. The van der Waals surface area contributed by atoms with Crippen LogP contribution in [-0.2, 0) is 6.54 Å². The zero-order chi connectivity index (χ0) is 13.7. The summed E-state index contributed by atoms with van der Waals surface area (Å²) in [5.74, 6) is 0. The molecule has 0 radical (unpaired) electrons. The van der Waals surface area contributed by atoms with E-state index < -0.39 is 0 Å². The van der Waals surface area contributed by atoms with Gasteiger partial charge in [0.05, 0.1) is 4.92 Å². The molecule has 0 unspecified atom stereocenters. The first kappa shape index (κ1) is 13.2. The Morgan fingerprint density at radius 1 is 1.11 bits per heavy atom. The highest BCUT2D eigenvalue weighted by molar-refractivity contribution is 5.39. The predicted molar refractivity (Wildman–Crippen MR) is 74.8 cm³/mol. The third-order valence-electron chi connectivity index (χ3n) is 3.09. The Bertz CT molecular complexity index is 555. The van der Waals surface area contributed by atoms with Gasteiger partial charge >= 0.3 is 0 Å². The van der Waals surface area contributed by atoms with Crippen LogP contribution in [0.3, 0.4) is 0 Å². The second-order valence-corrected chi connectivity index (χ2v) is 4.40. The van der Waals surface area contributed by atoms with Gasteiger partial charge in [-0.3, -0.25) is 10.1 Å². The SMILES string of the molecule is C[C@@H](NCc1ccccc1[N+](=O)[O-])c1ccccc1. The fraction of sp³-hybridized carbons (Fsp3) is 0.200. The van der Waals surface area contributed by atoms with Crippen LogP contribution in [0, 0.1) is 10.1 Å². The minimum atomic E-state index is -0.343. The Morgan fingerprint density at radius 3 is 2.42 bits per heavy atom. The lowest BCUT2D eigenvalue weighted by atomic mass is 10.1. The maximum Gasteiger partial charge on any atom is 0.273 e. The standard InChI is InChI=1S/C15H16N2O2/c1-12(13-7-3-2-4-8-13)16-11-14-9-5-6-10-15(14)17(18)19/h2-10,12,16H,11H2,1H3/t12-/m1/s1. The molecule has 0 saturated heterocycles. The minimum Gasteiger partial charge on any atom is -0.306 e. The van der Waals surface area contributed by atoms with Crippen molar-refractivity contribution in [2.45, 2.75) is 19.5 Å². The molecular weight excluding hydrogens is 240 g/mol. The molecular formula is C15H16N2O2. The van der Waals surface area contributed by atoms with Crippen LogP contribution in [0.4, 0.5) is 5.69 Å². The van der Waals surface area contributed by atoms with Crippen molar-refractivity contribution in [3.8, 4) is 0 Å². The Labute approximate surface area is 112 Å². The summed E-state index contributed by atoms with van der Waals surface area (Å²) < 4.78 is 0. The lowest BCUT2D eigenvalue weighted by molar-refractivity contribution is -0.385. The quantitative estimate of drug-likeness (QED) is 0.658. The summed E-state index contributed by atoms with van der Waals surface area (Å²) in [4.78, 5) is 10.6. The molecule has 0 spiro atoms. The number of rotatable bonds is 5. The van der Waals surface area contributed by atoms with Crippen molar-refractivity contribution in [2.75, 3.05) is 0 Å². The van der Waals surface area contributed by atoms with Crippen molar-refractivity contribution in [1.29, 1.82) is 0 Å². The van der Waals surface area contributed by atoms with Crippen molar-refractivity contribution in [2.24, 2.45) is 0 Å². The molecule has 1 N–H and O–H groups in total. The average molecular weight is 256 g/mol. The summed E-state index contributed by atoms with van der Waals surface area (Å²) in [6.07, 6.45) is 0. The lowest BCUT2D eigenvalue weighted by Gasteiger charge is -2.14. The molecule has 0 aliphatic rings. The molecule has 0 saturated carbocycles. The molecule has 0 fully saturated rings. The van der Waals surface area contributed by atoms with E-state index in [2.05, 4.69) is 5.32 Å². The third-order valence-corrected chi connectivity index (χ3v) is 3.09. The number of nitro groups is 1. The van der Waals surface area contributed by atoms with Gasteiger partial charge in [-0.1, -0.05) is 48.5 Å². The summed E-state index contributed by atoms with van der Waals surface area (Å²) in [7, 11) is 0. The summed E-state index contributed by atoms with van der Waals surface area (Å²) >= 11 is 0. The molecule has 0 bridgehead atoms. The Kier molecular flexibility index (Phi) is 4.26. The van der Waals surface area contributed by atoms with Crippen molar-refractivity contribution in [3.63, 3.8) is 0 Å². The summed E-state index contributed by atoms with van der Waals surface area (Å²) in [5, 5.41) is 14.2. The highest BCUT2D eigenvalue weighted by atomic mass is 16.6. The molecule has 0 heterocycles. The molecule has 2 aromatic carbocycles. The topological polar surface area (TPSA) is 55.2 Å². The van der Waals surface area contributed by atoms with Crippen LogP contribution in [0.5, 0.6) is 0 Å². The molecule has 4 nitrogen and oxygen atoms in total. The molecule has 4 heteroatoms. The van der Waals surface area contributed by atoms with Gasteiger partial charge in [0, 0.05) is 24.2 Å². The first-order valence-corrected chi connectivity index (χ1v) is 6.19. The largest absolute Gasteiger partial charge is 0.306 e. The van der Waals surface area contributed by atoms with Crippen LogP contribution in [0.1, 0.15) is 24.1 Å². The highest BCUT2D eigenvalue weighted by Crippen LogP contribution is 2.19. The second-order valence-electron chi connectivity index (χ2n) is 4.40. The molecule has 19 heavy (non-hydrogen) atoms. The first-order valence-electron chi connectivity index (χ1n) is 6.19. The van der Waals surface area contributed by atoms with E-state index in [1.165, 1.54) is 11.6 Å². The predicted octanol–water partition coefficient (Wildman–Crippen LogP) is 3.45. The van der Waals surface area contributed by atoms with E-state index in [0.717, 1.165) is 0 Å². The molecule has 0 aliphatic heterocycles. The number of nitrogens with zero attached hydrogens (tertiary/aromatic N) is 1. The van der Waals surface area contributed by atoms with E-state index in [9.17, 15) is 10.1 Å². The minimum absolute atomic E-state index is 0.154. The normalized spacial score (nSPS) is 12.1. The van der Waals surface area contributed by atoms with Crippen LogP contribution in [-0.4, -0.2) is 4.92 Å².